The van der Waals surface area contributed by atoms with Crippen LogP contribution < -0.4 is 10.0 Å². The average molecular weight is 348 g/mol. The van der Waals surface area contributed by atoms with E-state index >= 15 is 0 Å². The number of unbranched alkanes of at least 4 members (excludes halogenated alkanes) is 1. The number of amides is 1. The van der Waals surface area contributed by atoms with E-state index in [9.17, 15) is 4.79 Å². The zero-order chi connectivity index (χ0) is 17.4. The predicted octanol–water partition coefficient (Wildman–Crippen LogP) is 4.03. The molecule has 1 aromatic carbocycles. The van der Waals surface area contributed by atoms with Crippen LogP contribution in [0.1, 0.15) is 45.6 Å². The molecule has 0 aliphatic rings. The van der Waals surface area contributed by atoms with Gasteiger partial charge in [0.1, 0.15) is 0 Å². The molecule has 0 atom stereocenters. The fraction of sp³-hybridized carbons (Fsp3) is 0.526. The van der Waals surface area contributed by atoms with E-state index in [2.05, 4.69) is 47.9 Å². The highest BCUT2D eigenvalue weighted by molar-refractivity contribution is 7.98. The predicted molar refractivity (Wildman–Crippen MR) is 104 cm³/mol. The molecule has 4 nitrogen and oxygen atoms in total. The van der Waals surface area contributed by atoms with E-state index in [1.807, 2.05) is 18.3 Å². The molecule has 0 saturated carbocycles. The van der Waals surface area contributed by atoms with Gasteiger partial charge < -0.3 is 10.3 Å². The van der Waals surface area contributed by atoms with Gasteiger partial charge in [-0.2, -0.15) is 0 Å². The van der Waals surface area contributed by atoms with Crippen LogP contribution in [0.3, 0.4) is 0 Å². The Morgan fingerprint density at radius 3 is 2.75 bits per heavy atom. The quantitative estimate of drug-likeness (QED) is 0.474. The second-order valence-electron chi connectivity index (χ2n) is 7.03. The van der Waals surface area contributed by atoms with E-state index < -0.39 is 0 Å². The van der Waals surface area contributed by atoms with Crippen molar-refractivity contribution in [1.29, 1.82) is 0 Å². The van der Waals surface area contributed by atoms with Crippen LogP contribution >= 0.6 is 11.9 Å². The molecular formula is C19H29N3OS. The monoisotopic (exact) mass is 347 g/mol. The largest absolute Gasteiger partial charge is 0.361 e. The number of aromatic amines is 1. The number of hydrogen-bond acceptors (Lipinski definition) is 3. The lowest BCUT2D eigenvalue weighted by atomic mass is 10.1. The molecule has 132 valence electrons. The molecule has 1 aromatic heterocycles. The molecule has 1 heterocycles. The maximum Gasteiger partial charge on any atom is 0.220 e. The second-order valence-corrected chi connectivity index (χ2v) is 8.74. The van der Waals surface area contributed by atoms with E-state index in [0.29, 0.717) is 13.0 Å². The van der Waals surface area contributed by atoms with Crippen molar-refractivity contribution in [1.82, 2.24) is 15.0 Å². The lowest BCUT2D eigenvalue weighted by Gasteiger charge is -2.17. The van der Waals surface area contributed by atoms with Crippen LogP contribution in [0, 0.1) is 0 Å². The minimum absolute atomic E-state index is 0.151. The summed E-state index contributed by atoms with van der Waals surface area (Å²) < 4.78 is 3.60. The molecule has 2 rings (SSSR count). The van der Waals surface area contributed by atoms with Gasteiger partial charge in [-0.25, -0.2) is 0 Å². The fourth-order valence-electron chi connectivity index (χ4n) is 2.51. The number of para-hydroxylation sites is 1. The Balaban J connectivity index is 1.57. The summed E-state index contributed by atoms with van der Waals surface area (Å²) in [7, 11) is 0. The maximum absolute atomic E-state index is 11.9. The van der Waals surface area contributed by atoms with E-state index in [0.717, 1.165) is 31.3 Å². The summed E-state index contributed by atoms with van der Waals surface area (Å²) in [6.45, 7) is 8.20. The molecule has 0 fully saturated rings. The van der Waals surface area contributed by atoms with E-state index in [4.69, 9.17) is 0 Å². The topological polar surface area (TPSA) is 56.9 Å². The zero-order valence-corrected chi connectivity index (χ0v) is 15.8. The van der Waals surface area contributed by atoms with Gasteiger partial charge in [-0.1, -0.05) is 30.1 Å². The molecule has 0 spiro atoms. The summed E-state index contributed by atoms with van der Waals surface area (Å²) in [5, 5.41) is 4.27. The molecule has 24 heavy (non-hydrogen) atoms. The fourth-order valence-corrected chi connectivity index (χ4v) is 3.19. The number of carbonyl (C=O) groups is 1. The Morgan fingerprint density at radius 1 is 1.17 bits per heavy atom. The minimum atomic E-state index is 0.151. The molecule has 2 aromatic rings. The Bertz CT molecular complexity index is 645. The molecule has 1 amide bonds. The first-order chi connectivity index (χ1) is 11.5. The SMILES string of the molecule is CC(C)(C)SNCCCCC(=O)NCCc1c[nH]c2ccccc12. The third-order valence-electron chi connectivity index (χ3n) is 3.70. The second kappa shape index (κ2) is 9.14. The van der Waals surface area contributed by atoms with Gasteiger partial charge in [-0.15, -0.1) is 0 Å². The summed E-state index contributed by atoms with van der Waals surface area (Å²) in [6, 6.07) is 8.26. The smallest absolute Gasteiger partial charge is 0.220 e. The molecule has 0 bridgehead atoms. The lowest BCUT2D eigenvalue weighted by molar-refractivity contribution is -0.121. The first kappa shape index (κ1) is 18.9. The van der Waals surface area contributed by atoms with Crippen molar-refractivity contribution >= 4 is 28.8 Å². The summed E-state index contributed by atoms with van der Waals surface area (Å²) in [5.41, 5.74) is 2.41. The molecule has 0 saturated heterocycles. The molecule has 3 N–H and O–H groups in total. The van der Waals surface area contributed by atoms with Crippen molar-refractivity contribution in [2.45, 2.75) is 51.2 Å². The van der Waals surface area contributed by atoms with Gasteiger partial charge in [0.25, 0.3) is 0 Å². The van der Waals surface area contributed by atoms with E-state index in [1.54, 1.807) is 11.9 Å². The molecule has 0 radical (unpaired) electrons. The highest BCUT2D eigenvalue weighted by atomic mass is 32.2. The highest BCUT2D eigenvalue weighted by Crippen LogP contribution is 2.19. The number of H-pyrrole nitrogens is 1. The lowest BCUT2D eigenvalue weighted by Crippen LogP contribution is -2.25. The number of aromatic nitrogens is 1. The standard InChI is InChI=1S/C19H29N3OS/c1-19(2,3)24-22-12-7-6-10-18(23)20-13-11-15-14-21-17-9-5-4-8-16(15)17/h4-5,8-9,14,21-22H,6-7,10-13H2,1-3H3,(H,20,23). The van der Waals surface area contributed by atoms with Crippen LogP contribution in [0.5, 0.6) is 0 Å². The normalized spacial score (nSPS) is 11.8. The Morgan fingerprint density at radius 2 is 1.96 bits per heavy atom. The summed E-state index contributed by atoms with van der Waals surface area (Å²) >= 11 is 1.75. The number of rotatable bonds is 9. The Labute approximate surface area is 149 Å². The highest BCUT2D eigenvalue weighted by Gasteiger charge is 2.09. The summed E-state index contributed by atoms with van der Waals surface area (Å²) in [6.07, 6.45) is 5.46. The van der Waals surface area contributed by atoms with Crippen molar-refractivity contribution in [3.63, 3.8) is 0 Å². The average Bonchev–Trinajstić information content (AvgIpc) is 2.93. The van der Waals surface area contributed by atoms with Crippen LogP contribution in [-0.4, -0.2) is 28.7 Å². The number of benzene rings is 1. The van der Waals surface area contributed by atoms with Crippen LogP contribution in [0.25, 0.3) is 10.9 Å². The number of nitrogens with one attached hydrogen (secondary N) is 3. The molecule has 0 unspecified atom stereocenters. The number of fused-ring (bicyclic) bond motifs is 1. The molecule has 5 heteroatoms. The third-order valence-corrected chi connectivity index (χ3v) is 4.66. The first-order valence-corrected chi connectivity index (χ1v) is 9.50. The van der Waals surface area contributed by atoms with E-state index in [1.165, 1.54) is 10.9 Å². The third kappa shape index (κ3) is 6.57. The van der Waals surface area contributed by atoms with Gasteiger partial charge in [0.05, 0.1) is 0 Å². The Kier molecular flexibility index (Phi) is 7.18. The zero-order valence-electron chi connectivity index (χ0n) is 14.9. The maximum atomic E-state index is 11.9. The van der Waals surface area contributed by atoms with Gasteiger partial charge in [-0.05, 0) is 51.7 Å². The van der Waals surface area contributed by atoms with Crippen molar-refractivity contribution < 1.29 is 4.79 Å². The molecular weight excluding hydrogens is 318 g/mol. The minimum Gasteiger partial charge on any atom is -0.361 e. The van der Waals surface area contributed by atoms with Crippen molar-refractivity contribution in [2.75, 3.05) is 13.1 Å². The molecule has 0 aliphatic heterocycles. The molecule has 0 aliphatic carbocycles. The van der Waals surface area contributed by atoms with Gasteiger partial charge in [0.15, 0.2) is 0 Å². The van der Waals surface area contributed by atoms with Crippen molar-refractivity contribution in [3.8, 4) is 0 Å². The number of carbonyl (C=O) groups excluding carboxylic acids is 1. The van der Waals surface area contributed by atoms with Crippen LogP contribution in [-0.2, 0) is 11.2 Å². The van der Waals surface area contributed by atoms with Crippen molar-refractivity contribution in [2.24, 2.45) is 0 Å². The van der Waals surface area contributed by atoms with Crippen LogP contribution in [0.4, 0.5) is 0 Å². The van der Waals surface area contributed by atoms with Gasteiger partial charge >= 0.3 is 0 Å². The first-order valence-electron chi connectivity index (χ1n) is 8.68. The summed E-state index contributed by atoms with van der Waals surface area (Å²) in [4.78, 5) is 15.2. The van der Waals surface area contributed by atoms with Crippen molar-refractivity contribution in [3.05, 3.63) is 36.0 Å². The van der Waals surface area contributed by atoms with Gasteiger partial charge in [0.2, 0.25) is 5.91 Å². The van der Waals surface area contributed by atoms with Crippen LogP contribution in [0.15, 0.2) is 30.5 Å². The van der Waals surface area contributed by atoms with Gasteiger partial charge in [-0.3, -0.25) is 9.52 Å². The van der Waals surface area contributed by atoms with E-state index in [-0.39, 0.29) is 10.7 Å². The van der Waals surface area contributed by atoms with Crippen LogP contribution in [0.2, 0.25) is 0 Å². The summed E-state index contributed by atoms with van der Waals surface area (Å²) in [5.74, 6) is 0.151. The Hall–Kier alpha value is -1.46. The van der Waals surface area contributed by atoms with Gasteiger partial charge in [0, 0.05) is 41.4 Å². The number of hydrogen-bond donors (Lipinski definition) is 3.